The van der Waals surface area contributed by atoms with Crippen molar-refractivity contribution < 1.29 is 9.59 Å². The molecule has 2 rings (SSSR count). The van der Waals surface area contributed by atoms with Crippen LogP contribution in [0.5, 0.6) is 0 Å². The van der Waals surface area contributed by atoms with E-state index in [4.69, 9.17) is 11.5 Å². The summed E-state index contributed by atoms with van der Waals surface area (Å²) < 4.78 is 0. The molecule has 108 valence electrons. The molecule has 2 atom stereocenters. The van der Waals surface area contributed by atoms with Gasteiger partial charge in [0.05, 0.1) is 0 Å². The minimum atomic E-state index is -0.502. The zero-order chi connectivity index (χ0) is 14.7. The number of hydrogen-bond acceptors (Lipinski definition) is 3. The maximum atomic E-state index is 12.1. The first-order valence-corrected chi connectivity index (χ1v) is 6.93. The van der Waals surface area contributed by atoms with Crippen molar-refractivity contribution in [3.63, 3.8) is 0 Å². The summed E-state index contributed by atoms with van der Waals surface area (Å²) in [5.41, 5.74) is 13.1. The molecule has 0 aliphatic heterocycles. The number of hydrogen-bond donors (Lipinski definition) is 3. The molecule has 1 aromatic rings. The fraction of sp³-hybridized carbons (Fsp3) is 0.467. The average molecular weight is 275 g/mol. The molecule has 0 heterocycles. The molecule has 2 amide bonds. The number of benzene rings is 1. The number of carbonyl (C=O) groups is 2. The molecule has 20 heavy (non-hydrogen) atoms. The van der Waals surface area contributed by atoms with E-state index in [2.05, 4.69) is 5.32 Å². The molecule has 1 aromatic carbocycles. The summed E-state index contributed by atoms with van der Waals surface area (Å²) in [5.74, 6) is -0.301. The molecule has 0 aromatic heterocycles. The van der Waals surface area contributed by atoms with Crippen molar-refractivity contribution >= 4 is 17.5 Å². The Bertz CT molecular complexity index is 528. The Balaban J connectivity index is 2.03. The van der Waals surface area contributed by atoms with Gasteiger partial charge < -0.3 is 16.8 Å². The van der Waals surface area contributed by atoms with Crippen molar-refractivity contribution in [1.82, 2.24) is 0 Å². The Labute approximate surface area is 118 Å². The molecule has 1 fully saturated rings. The third-order valence-corrected chi connectivity index (χ3v) is 3.96. The number of nitrogens with two attached hydrogens (primary N) is 2. The summed E-state index contributed by atoms with van der Waals surface area (Å²) in [4.78, 5) is 23.2. The summed E-state index contributed by atoms with van der Waals surface area (Å²) in [6, 6.07) is 5.17. The van der Waals surface area contributed by atoms with Crippen LogP contribution < -0.4 is 16.8 Å². The Morgan fingerprint density at radius 1 is 1.35 bits per heavy atom. The Hall–Kier alpha value is -1.88. The molecule has 5 N–H and O–H groups in total. The van der Waals surface area contributed by atoms with E-state index in [0.717, 1.165) is 24.8 Å². The molecule has 1 aliphatic rings. The molecule has 5 heteroatoms. The third-order valence-electron chi connectivity index (χ3n) is 3.96. The number of carbonyl (C=O) groups excluding carboxylic acids is 2. The van der Waals surface area contributed by atoms with Gasteiger partial charge in [-0.05, 0) is 43.4 Å². The second-order valence-electron chi connectivity index (χ2n) is 5.50. The molecule has 5 nitrogen and oxygen atoms in total. The molecular formula is C15H21N3O2. The number of nitrogens with one attached hydrogen (secondary N) is 1. The minimum absolute atomic E-state index is 0.0583. The van der Waals surface area contributed by atoms with Crippen LogP contribution in [-0.4, -0.2) is 17.9 Å². The number of rotatable bonds is 4. The molecule has 0 saturated heterocycles. The normalized spacial score (nSPS) is 21.7. The van der Waals surface area contributed by atoms with Crippen LogP contribution in [0.1, 0.15) is 41.6 Å². The smallest absolute Gasteiger partial charge is 0.248 e. The summed E-state index contributed by atoms with van der Waals surface area (Å²) in [6.07, 6.45) is 3.53. The second-order valence-corrected chi connectivity index (χ2v) is 5.50. The van der Waals surface area contributed by atoms with Gasteiger partial charge in [-0.3, -0.25) is 9.59 Å². The first-order valence-electron chi connectivity index (χ1n) is 6.93. The van der Waals surface area contributed by atoms with Crippen LogP contribution in [0.2, 0.25) is 0 Å². The summed E-state index contributed by atoms with van der Waals surface area (Å²) in [6.45, 7) is 1.88. The fourth-order valence-corrected chi connectivity index (χ4v) is 2.67. The SMILES string of the molecule is Cc1ccc(C(N)=O)cc1NC(=O)C[C@@H]1CCC[C@H]1N. The van der Waals surface area contributed by atoms with Gasteiger partial charge >= 0.3 is 0 Å². The van der Waals surface area contributed by atoms with E-state index in [-0.39, 0.29) is 17.9 Å². The van der Waals surface area contributed by atoms with Crippen LogP contribution in [0.15, 0.2) is 18.2 Å². The predicted octanol–water partition coefficient (Wildman–Crippen LogP) is 1.55. The van der Waals surface area contributed by atoms with E-state index in [0.29, 0.717) is 17.7 Å². The van der Waals surface area contributed by atoms with Crippen molar-refractivity contribution in [2.45, 2.75) is 38.6 Å². The van der Waals surface area contributed by atoms with Crippen molar-refractivity contribution in [3.05, 3.63) is 29.3 Å². The number of amides is 2. The molecule has 1 saturated carbocycles. The molecule has 0 bridgehead atoms. The van der Waals surface area contributed by atoms with Crippen molar-refractivity contribution in [1.29, 1.82) is 0 Å². The van der Waals surface area contributed by atoms with Gasteiger partial charge in [0.1, 0.15) is 0 Å². The summed E-state index contributed by atoms with van der Waals surface area (Å²) >= 11 is 0. The highest BCUT2D eigenvalue weighted by atomic mass is 16.2. The first-order chi connectivity index (χ1) is 9.47. The van der Waals surface area contributed by atoms with Gasteiger partial charge in [0, 0.05) is 23.7 Å². The first kappa shape index (κ1) is 14.5. The Morgan fingerprint density at radius 3 is 2.70 bits per heavy atom. The second kappa shape index (κ2) is 6.05. The molecule has 0 unspecified atom stereocenters. The van der Waals surface area contributed by atoms with Crippen molar-refractivity contribution in [2.24, 2.45) is 17.4 Å². The van der Waals surface area contributed by atoms with Crippen LogP contribution in [-0.2, 0) is 4.79 Å². The maximum Gasteiger partial charge on any atom is 0.248 e. The van der Waals surface area contributed by atoms with Gasteiger partial charge in [0.25, 0.3) is 0 Å². The third kappa shape index (κ3) is 3.36. The van der Waals surface area contributed by atoms with Crippen LogP contribution in [0.4, 0.5) is 5.69 Å². The topological polar surface area (TPSA) is 98.2 Å². The Kier molecular flexibility index (Phi) is 4.39. The predicted molar refractivity (Wildman–Crippen MR) is 78.3 cm³/mol. The van der Waals surface area contributed by atoms with Crippen molar-refractivity contribution in [3.8, 4) is 0 Å². The van der Waals surface area contributed by atoms with Gasteiger partial charge in [-0.15, -0.1) is 0 Å². The fourth-order valence-electron chi connectivity index (χ4n) is 2.67. The highest BCUT2D eigenvalue weighted by Crippen LogP contribution is 2.27. The largest absolute Gasteiger partial charge is 0.366 e. The minimum Gasteiger partial charge on any atom is -0.366 e. The van der Waals surface area contributed by atoms with E-state index >= 15 is 0 Å². The monoisotopic (exact) mass is 275 g/mol. The van der Waals surface area contributed by atoms with Crippen LogP contribution in [0.25, 0.3) is 0 Å². The van der Waals surface area contributed by atoms with Crippen LogP contribution in [0, 0.1) is 12.8 Å². The summed E-state index contributed by atoms with van der Waals surface area (Å²) in [5, 5.41) is 2.85. The van der Waals surface area contributed by atoms with Crippen LogP contribution in [0.3, 0.4) is 0 Å². The number of aryl methyl sites for hydroxylation is 1. The molecular weight excluding hydrogens is 254 g/mol. The highest BCUT2D eigenvalue weighted by Gasteiger charge is 2.26. The molecule has 1 aliphatic carbocycles. The van der Waals surface area contributed by atoms with Gasteiger partial charge in [-0.25, -0.2) is 0 Å². The lowest BCUT2D eigenvalue weighted by Gasteiger charge is -2.15. The number of primary amides is 1. The van der Waals surface area contributed by atoms with E-state index in [1.54, 1.807) is 18.2 Å². The standard InChI is InChI=1S/C15H21N3O2/c1-9-5-6-11(15(17)20)7-13(9)18-14(19)8-10-3-2-4-12(10)16/h5-7,10,12H,2-4,8,16H2,1H3,(H2,17,20)(H,18,19)/t10-,12+/m0/s1. The van der Waals surface area contributed by atoms with Gasteiger partial charge in [-0.2, -0.15) is 0 Å². The highest BCUT2D eigenvalue weighted by molar-refractivity contribution is 5.97. The van der Waals surface area contributed by atoms with Crippen LogP contribution >= 0.6 is 0 Å². The van der Waals surface area contributed by atoms with E-state index in [1.165, 1.54) is 0 Å². The lowest BCUT2D eigenvalue weighted by atomic mass is 9.99. The van der Waals surface area contributed by atoms with E-state index < -0.39 is 5.91 Å². The van der Waals surface area contributed by atoms with E-state index in [9.17, 15) is 9.59 Å². The lowest BCUT2D eigenvalue weighted by Crippen LogP contribution is -2.28. The van der Waals surface area contributed by atoms with Gasteiger partial charge in [0.2, 0.25) is 11.8 Å². The quantitative estimate of drug-likeness (QED) is 0.777. The zero-order valence-corrected chi connectivity index (χ0v) is 11.7. The average Bonchev–Trinajstić information content (AvgIpc) is 2.77. The molecule has 0 radical (unpaired) electrons. The zero-order valence-electron chi connectivity index (χ0n) is 11.7. The Morgan fingerprint density at radius 2 is 2.10 bits per heavy atom. The maximum absolute atomic E-state index is 12.1. The van der Waals surface area contributed by atoms with Crippen molar-refractivity contribution in [2.75, 3.05) is 5.32 Å². The van der Waals surface area contributed by atoms with Gasteiger partial charge in [-0.1, -0.05) is 12.5 Å². The van der Waals surface area contributed by atoms with Gasteiger partial charge in [0.15, 0.2) is 0 Å². The summed E-state index contributed by atoms with van der Waals surface area (Å²) in [7, 11) is 0. The lowest BCUT2D eigenvalue weighted by molar-refractivity contribution is -0.117. The van der Waals surface area contributed by atoms with E-state index in [1.807, 2.05) is 6.92 Å². The number of anilines is 1. The molecule has 0 spiro atoms.